The van der Waals surface area contributed by atoms with Crippen molar-refractivity contribution in [2.24, 2.45) is 0 Å². The van der Waals surface area contributed by atoms with Crippen molar-refractivity contribution in [3.8, 4) is 0 Å². The minimum absolute atomic E-state index is 0.243. The highest BCUT2D eigenvalue weighted by atomic mass is 16.4. The van der Waals surface area contributed by atoms with Crippen LogP contribution >= 0.6 is 0 Å². The third-order valence-electron chi connectivity index (χ3n) is 4.42. The Bertz CT molecular complexity index is 740. The summed E-state index contributed by atoms with van der Waals surface area (Å²) in [5.41, 5.74) is 1.80. The van der Waals surface area contributed by atoms with E-state index in [0.717, 1.165) is 18.5 Å². The fraction of sp³-hybridized carbons (Fsp3) is 0.421. The maximum Gasteiger partial charge on any atom is 0.335 e. The average molecular weight is 340 g/mol. The van der Waals surface area contributed by atoms with Crippen molar-refractivity contribution in [1.82, 2.24) is 9.97 Å². The fourth-order valence-corrected chi connectivity index (χ4v) is 3.18. The molecule has 132 valence electrons. The summed E-state index contributed by atoms with van der Waals surface area (Å²) in [5, 5.41) is 15.7. The van der Waals surface area contributed by atoms with E-state index in [0.29, 0.717) is 23.5 Å². The van der Waals surface area contributed by atoms with Gasteiger partial charge in [-0.05, 0) is 38.0 Å². The number of carbonyl (C=O) groups is 1. The largest absolute Gasteiger partial charge is 0.478 e. The topological polar surface area (TPSA) is 87.1 Å². The van der Waals surface area contributed by atoms with Crippen LogP contribution in [0.2, 0.25) is 0 Å². The van der Waals surface area contributed by atoms with E-state index < -0.39 is 5.97 Å². The van der Waals surface area contributed by atoms with Crippen molar-refractivity contribution >= 4 is 23.4 Å². The summed E-state index contributed by atoms with van der Waals surface area (Å²) in [7, 11) is 0. The van der Waals surface area contributed by atoms with Crippen LogP contribution in [0.1, 0.15) is 54.6 Å². The molecule has 1 heterocycles. The SMILES string of the molecule is Cc1cc(Nc2cccc(C(=O)O)c2)nc(NC2CCCCCC2)n1. The third-order valence-corrected chi connectivity index (χ3v) is 4.42. The lowest BCUT2D eigenvalue weighted by molar-refractivity contribution is 0.0697. The number of benzene rings is 1. The van der Waals surface area contributed by atoms with Gasteiger partial charge in [0.1, 0.15) is 5.82 Å². The lowest BCUT2D eigenvalue weighted by atomic mass is 10.1. The van der Waals surface area contributed by atoms with Crippen LogP contribution in [-0.2, 0) is 0 Å². The molecule has 3 rings (SSSR count). The number of hydrogen-bond donors (Lipinski definition) is 3. The number of aromatic carboxylic acids is 1. The fourth-order valence-electron chi connectivity index (χ4n) is 3.18. The van der Waals surface area contributed by atoms with Crippen LogP contribution in [0, 0.1) is 6.92 Å². The zero-order valence-corrected chi connectivity index (χ0v) is 14.5. The Morgan fingerprint density at radius 3 is 2.60 bits per heavy atom. The molecule has 1 fully saturated rings. The van der Waals surface area contributed by atoms with E-state index in [-0.39, 0.29) is 5.56 Å². The maximum absolute atomic E-state index is 11.1. The van der Waals surface area contributed by atoms with E-state index >= 15 is 0 Å². The molecule has 6 heteroatoms. The molecular weight excluding hydrogens is 316 g/mol. The summed E-state index contributed by atoms with van der Waals surface area (Å²) in [6.07, 6.45) is 7.41. The minimum Gasteiger partial charge on any atom is -0.478 e. The Labute approximate surface area is 147 Å². The number of nitrogens with one attached hydrogen (secondary N) is 2. The van der Waals surface area contributed by atoms with Gasteiger partial charge in [-0.2, -0.15) is 4.98 Å². The van der Waals surface area contributed by atoms with E-state index in [9.17, 15) is 4.79 Å². The quantitative estimate of drug-likeness (QED) is 0.701. The second kappa shape index (κ2) is 7.96. The van der Waals surface area contributed by atoms with E-state index in [4.69, 9.17) is 5.11 Å². The van der Waals surface area contributed by atoms with Crippen LogP contribution in [0.15, 0.2) is 30.3 Å². The Morgan fingerprint density at radius 2 is 1.88 bits per heavy atom. The van der Waals surface area contributed by atoms with Crippen molar-refractivity contribution in [1.29, 1.82) is 0 Å². The number of aromatic nitrogens is 2. The summed E-state index contributed by atoms with van der Waals surface area (Å²) in [5.74, 6) is 0.341. The second-order valence-corrected chi connectivity index (χ2v) is 6.56. The second-order valence-electron chi connectivity index (χ2n) is 6.56. The van der Waals surface area contributed by atoms with Gasteiger partial charge in [-0.25, -0.2) is 9.78 Å². The van der Waals surface area contributed by atoms with Gasteiger partial charge in [0.05, 0.1) is 5.56 Å². The number of carboxylic acid groups (broad SMARTS) is 1. The smallest absolute Gasteiger partial charge is 0.335 e. The maximum atomic E-state index is 11.1. The van der Waals surface area contributed by atoms with Crippen LogP contribution in [-0.4, -0.2) is 27.1 Å². The van der Waals surface area contributed by atoms with Gasteiger partial charge in [-0.15, -0.1) is 0 Å². The highest BCUT2D eigenvalue weighted by Gasteiger charge is 2.14. The summed E-state index contributed by atoms with van der Waals surface area (Å²) >= 11 is 0. The van der Waals surface area contributed by atoms with Crippen LogP contribution in [0.4, 0.5) is 17.5 Å². The van der Waals surface area contributed by atoms with Gasteiger partial charge in [0, 0.05) is 23.5 Å². The molecule has 1 saturated carbocycles. The first-order valence-electron chi connectivity index (χ1n) is 8.83. The molecule has 6 nitrogen and oxygen atoms in total. The van der Waals surface area contributed by atoms with Crippen molar-refractivity contribution in [3.05, 3.63) is 41.6 Å². The van der Waals surface area contributed by atoms with Gasteiger partial charge < -0.3 is 15.7 Å². The zero-order valence-electron chi connectivity index (χ0n) is 14.5. The van der Waals surface area contributed by atoms with Crippen molar-refractivity contribution in [3.63, 3.8) is 0 Å². The predicted molar refractivity (Wildman–Crippen MR) is 98.6 cm³/mol. The molecule has 0 saturated heterocycles. The number of anilines is 3. The van der Waals surface area contributed by atoms with E-state index in [2.05, 4.69) is 20.6 Å². The lowest BCUT2D eigenvalue weighted by Crippen LogP contribution is -2.20. The van der Waals surface area contributed by atoms with E-state index in [1.54, 1.807) is 18.2 Å². The molecule has 1 aliphatic carbocycles. The van der Waals surface area contributed by atoms with Gasteiger partial charge >= 0.3 is 5.97 Å². The molecule has 25 heavy (non-hydrogen) atoms. The molecule has 0 atom stereocenters. The number of hydrogen-bond acceptors (Lipinski definition) is 5. The first-order valence-corrected chi connectivity index (χ1v) is 8.83. The molecule has 1 aromatic heterocycles. The molecular formula is C19H24N4O2. The summed E-state index contributed by atoms with van der Waals surface area (Å²) in [4.78, 5) is 20.1. The average Bonchev–Trinajstić information content (AvgIpc) is 2.83. The first kappa shape index (κ1) is 17.2. The molecule has 0 unspecified atom stereocenters. The molecule has 0 aliphatic heterocycles. The predicted octanol–water partition coefficient (Wildman–Crippen LogP) is 4.36. The Hall–Kier alpha value is -2.63. The lowest BCUT2D eigenvalue weighted by Gasteiger charge is -2.17. The van der Waals surface area contributed by atoms with Crippen LogP contribution in [0.25, 0.3) is 0 Å². The van der Waals surface area contributed by atoms with Crippen molar-refractivity contribution in [2.75, 3.05) is 10.6 Å². The Kier molecular flexibility index (Phi) is 5.48. The van der Waals surface area contributed by atoms with E-state index in [1.807, 2.05) is 19.1 Å². The molecule has 1 aliphatic rings. The third kappa shape index (κ3) is 4.92. The van der Waals surface area contributed by atoms with Crippen LogP contribution in [0.5, 0.6) is 0 Å². The zero-order chi connectivity index (χ0) is 17.6. The molecule has 0 bridgehead atoms. The molecule has 2 aromatic rings. The van der Waals surface area contributed by atoms with Gasteiger partial charge in [0.2, 0.25) is 5.95 Å². The minimum atomic E-state index is -0.946. The number of rotatable bonds is 5. The highest BCUT2D eigenvalue weighted by molar-refractivity contribution is 5.89. The van der Waals surface area contributed by atoms with E-state index in [1.165, 1.54) is 25.7 Å². The van der Waals surface area contributed by atoms with Crippen molar-refractivity contribution < 1.29 is 9.90 Å². The monoisotopic (exact) mass is 340 g/mol. The summed E-state index contributed by atoms with van der Waals surface area (Å²) in [6.45, 7) is 1.93. The van der Waals surface area contributed by atoms with Crippen LogP contribution < -0.4 is 10.6 Å². The number of aryl methyl sites for hydroxylation is 1. The molecule has 0 amide bonds. The summed E-state index contributed by atoms with van der Waals surface area (Å²) < 4.78 is 0. The highest BCUT2D eigenvalue weighted by Crippen LogP contribution is 2.22. The Balaban J connectivity index is 1.74. The van der Waals surface area contributed by atoms with Gasteiger partial charge in [-0.1, -0.05) is 31.7 Å². The van der Waals surface area contributed by atoms with Gasteiger partial charge in [0.15, 0.2) is 0 Å². The van der Waals surface area contributed by atoms with Gasteiger partial charge in [0.25, 0.3) is 0 Å². The molecule has 1 aromatic carbocycles. The molecule has 0 radical (unpaired) electrons. The normalized spacial score (nSPS) is 15.4. The van der Waals surface area contributed by atoms with Gasteiger partial charge in [-0.3, -0.25) is 0 Å². The standard InChI is InChI=1S/C19H24N4O2/c1-13-11-17(21-16-10-6-7-14(12-16)18(24)25)23-19(20-13)22-15-8-4-2-3-5-9-15/h6-7,10-12,15H,2-5,8-9H2,1H3,(H,24,25)(H2,20,21,22,23). The molecule has 0 spiro atoms. The summed E-state index contributed by atoms with van der Waals surface area (Å²) in [6, 6.07) is 8.97. The number of carboxylic acids is 1. The van der Waals surface area contributed by atoms with Crippen molar-refractivity contribution in [2.45, 2.75) is 51.5 Å². The number of nitrogens with zero attached hydrogens (tertiary/aromatic N) is 2. The van der Waals surface area contributed by atoms with Crippen LogP contribution in [0.3, 0.4) is 0 Å². The first-order chi connectivity index (χ1) is 12.1. The molecule has 3 N–H and O–H groups in total. The Morgan fingerprint density at radius 1 is 1.12 bits per heavy atom.